The lowest BCUT2D eigenvalue weighted by Crippen LogP contribution is -2.36. The maximum absolute atomic E-state index is 11.8. The number of nitrogens with zero attached hydrogens (tertiary/aromatic N) is 3. The standard InChI is InChI=1S/C13H16N4O3/c14-12(13(18)20-11-5-6-19-8-11)7-9-1-3-10(4-2-9)16-17-15/h1-4,11-12H,5-8,14H2. The van der Waals surface area contributed by atoms with E-state index in [0.717, 1.165) is 12.0 Å². The van der Waals surface area contributed by atoms with Gasteiger partial charge in [-0.1, -0.05) is 29.4 Å². The van der Waals surface area contributed by atoms with E-state index in [2.05, 4.69) is 10.0 Å². The van der Waals surface area contributed by atoms with E-state index in [0.29, 0.717) is 25.3 Å². The number of nitrogens with two attached hydrogens (primary N) is 1. The molecule has 0 aliphatic carbocycles. The van der Waals surface area contributed by atoms with E-state index >= 15 is 0 Å². The zero-order chi connectivity index (χ0) is 14.4. The number of benzene rings is 1. The van der Waals surface area contributed by atoms with Crippen LogP contribution in [0.4, 0.5) is 5.69 Å². The number of hydrogen-bond donors (Lipinski definition) is 1. The summed E-state index contributed by atoms with van der Waals surface area (Å²) in [6.45, 7) is 1.06. The van der Waals surface area contributed by atoms with Gasteiger partial charge in [-0.3, -0.25) is 4.79 Å². The third-order valence-corrected chi connectivity index (χ3v) is 3.03. The number of carbonyl (C=O) groups excluding carboxylic acids is 1. The second kappa shape index (κ2) is 6.91. The van der Waals surface area contributed by atoms with Crippen LogP contribution in [0.3, 0.4) is 0 Å². The van der Waals surface area contributed by atoms with Gasteiger partial charge in [-0.25, -0.2) is 0 Å². The van der Waals surface area contributed by atoms with E-state index in [1.54, 1.807) is 24.3 Å². The highest BCUT2D eigenvalue weighted by molar-refractivity contribution is 5.76. The second-order valence-corrected chi connectivity index (χ2v) is 4.59. The van der Waals surface area contributed by atoms with E-state index in [9.17, 15) is 4.79 Å². The number of azide groups is 1. The number of carbonyl (C=O) groups is 1. The third-order valence-electron chi connectivity index (χ3n) is 3.03. The Balaban J connectivity index is 1.87. The van der Waals surface area contributed by atoms with Crippen molar-refractivity contribution in [2.45, 2.75) is 25.0 Å². The van der Waals surface area contributed by atoms with Crippen LogP contribution in [0.25, 0.3) is 10.4 Å². The summed E-state index contributed by atoms with van der Waals surface area (Å²) >= 11 is 0. The zero-order valence-electron chi connectivity index (χ0n) is 10.9. The minimum absolute atomic E-state index is 0.180. The predicted molar refractivity (Wildman–Crippen MR) is 72.2 cm³/mol. The van der Waals surface area contributed by atoms with E-state index in [1.165, 1.54) is 0 Å². The van der Waals surface area contributed by atoms with Crippen LogP contribution < -0.4 is 5.73 Å². The fourth-order valence-corrected chi connectivity index (χ4v) is 1.95. The van der Waals surface area contributed by atoms with Gasteiger partial charge in [-0.05, 0) is 17.5 Å². The van der Waals surface area contributed by atoms with Crippen LogP contribution in [0, 0.1) is 0 Å². The van der Waals surface area contributed by atoms with Crippen LogP contribution in [0.1, 0.15) is 12.0 Å². The van der Waals surface area contributed by atoms with Crippen LogP contribution in [-0.4, -0.2) is 31.3 Å². The van der Waals surface area contributed by atoms with Gasteiger partial charge in [0.15, 0.2) is 0 Å². The molecule has 2 N–H and O–H groups in total. The molecule has 7 heteroatoms. The molecule has 1 aromatic carbocycles. The Kier molecular flexibility index (Phi) is 4.95. The molecule has 20 heavy (non-hydrogen) atoms. The van der Waals surface area contributed by atoms with Gasteiger partial charge in [0.25, 0.3) is 0 Å². The molecule has 0 radical (unpaired) electrons. The lowest BCUT2D eigenvalue weighted by atomic mass is 10.1. The molecule has 1 aliphatic heterocycles. The third kappa shape index (κ3) is 3.96. The molecule has 1 fully saturated rings. The monoisotopic (exact) mass is 276 g/mol. The van der Waals surface area contributed by atoms with Crippen molar-refractivity contribution < 1.29 is 14.3 Å². The molecule has 1 aliphatic rings. The van der Waals surface area contributed by atoms with Gasteiger partial charge >= 0.3 is 5.97 Å². The summed E-state index contributed by atoms with van der Waals surface area (Å²) in [5.41, 5.74) is 15.5. The predicted octanol–water partition coefficient (Wildman–Crippen LogP) is 1.83. The molecule has 0 bridgehead atoms. The van der Waals surface area contributed by atoms with Gasteiger partial charge in [-0.2, -0.15) is 0 Å². The summed E-state index contributed by atoms with van der Waals surface area (Å²) in [5.74, 6) is -0.417. The second-order valence-electron chi connectivity index (χ2n) is 4.59. The summed E-state index contributed by atoms with van der Waals surface area (Å²) in [6, 6.07) is 6.20. The van der Waals surface area contributed by atoms with Crippen molar-refractivity contribution in [2.75, 3.05) is 13.2 Å². The SMILES string of the molecule is [N-]=[N+]=Nc1ccc(CC(N)C(=O)OC2CCOC2)cc1. The van der Waals surface area contributed by atoms with Gasteiger partial charge in [0.1, 0.15) is 12.1 Å². The average molecular weight is 276 g/mol. The summed E-state index contributed by atoms with van der Waals surface area (Å²) in [5, 5.41) is 3.47. The molecular weight excluding hydrogens is 260 g/mol. The van der Waals surface area contributed by atoms with E-state index < -0.39 is 12.0 Å². The Labute approximate surface area is 116 Å². The minimum Gasteiger partial charge on any atom is -0.459 e. The maximum atomic E-state index is 11.8. The Morgan fingerprint density at radius 2 is 2.30 bits per heavy atom. The first-order valence-corrected chi connectivity index (χ1v) is 6.37. The van der Waals surface area contributed by atoms with Gasteiger partial charge in [-0.15, -0.1) is 0 Å². The lowest BCUT2D eigenvalue weighted by molar-refractivity contribution is -0.150. The number of hydrogen-bond acceptors (Lipinski definition) is 5. The minimum atomic E-state index is -0.707. The van der Waals surface area contributed by atoms with Crippen molar-refractivity contribution in [1.82, 2.24) is 0 Å². The first-order chi connectivity index (χ1) is 9.69. The summed E-state index contributed by atoms with van der Waals surface area (Å²) < 4.78 is 10.4. The van der Waals surface area contributed by atoms with Crippen molar-refractivity contribution in [1.29, 1.82) is 0 Å². The van der Waals surface area contributed by atoms with Crippen molar-refractivity contribution in [3.05, 3.63) is 40.3 Å². The fraction of sp³-hybridized carbons (Fsp3) is 0.462. The Morgan fingerprint density at radius 3 is 2.90 bits per heavy atom. The highest BCUT2D eigenvalue weighted by atomic mass is 16.6. The Morgan fingerprint density at radius 1 is 1.55 bits per heavy atom. The first kappa shape index (κ1) is 14.3. The van der Waals surface area contributed by atoms with Crippen LogP contribution in [0.15, 0.2) is 29.4 Å². The molecule has 0 amide bonds. The summed E-state index contributed by atoms with van der Waals surface area (Å²) in [6.07, 6.45) is 0.920. The first-order valence-electron chi connectivity index (χ1n) is 6.37. The van der Waals surface area contributed by atoms with Crippen molar-refractivity contribution in [2.24, 2.45) is 10.8 Å². The Hall–Kier alpha value is -2.08. The van der Waals surface area contributed by atoms with Crippen molar-refractivity contribution in [3.8, 4) is 0 Å². The van der Waals surface area contributed by atoms with Crippen LogP contribution in [0.5, 0.6) is 0 Å². The van der Waals surface area contributed by atoms with Gasteiger partial charge in [0.05, 0.1) is 13.2 Å². The molecule has 2 unspecified atom stereocenters. The van der Waals surface area contributed by atoms with Crippen LogP contribution >= 0.6 is 0 Å². The fourth-order valence-electron chi connectivity index (χ4n) is 1.95. The van der Waals surface area contributed by atoms with Gasteiger partial charge < -0.3 is 15.2 Å². The molecule has 1 saturated heterocycles. The number of esters is 1. The smallest absolute Gasteiger partial charge is 0.323 e. The number of rotatable bonds is 5. The lowest BCUT2D eigenvalue weighted by Gasteiger charge is -2.15. The van der Waals surface area contributed by atoms with Crippen molar-refractivity contribution in [3.63, 3.8) is 0 Å². The Bertz CT molecular complexity index is 505. The molecule has 7 nitrogen and oxygen atoms in total. The van der Waals surface area contributed by atoms with Gasteiger partial charge in [0, 0.05) is 17.0 Å². The molecule has 1 heterocycles. The molecule has 2 rings (SSSR count). The topological polar surface area (TPSA) is 110 Å². The maximum Gasteiger partial charge on any atom is 0.323 e. The highest BCUT2D eigenvalue weighted by Crippen LogP contribution is 2.15. The van der Waals surface area contributed by atoms with Gasteiger partial charge in [0.2, 0.25) is 0 Å². The molecule has 0 spiro atoms. The van der Waals surface area contributed by atoms with E-state index in [1.807, 2.05) is 0 Å². The zero-order valence-corrected chi connectivity index (χ0v) is 10.9. The summed E-state index contributed by atoms with van der Waals surface area (Å²) in [7, 11) is 0. The molecule has 2 atom stereocenters. The van der Waals surface area contributed by atoms with Crippen molar-refractivity contribution >= 4 is 11.7 Å². The van der Waals surface area contributed by atoms with E-state index in [4.69, 9.17) is 20.7 Å². The largest absolute Gasteiger partial charge is 0.459 e. The summed E-state index contributed by atoms with van der Waals surface area (Å²) in [4.78, 5) is 14.5. The molecule has 0 saturated carbocycles. The molecular formula is C13H16N4O3. The molecule has 0 aromatic heterocycles. The average Bonchev–Trinajstić information content (AvgIpc) is 2.94. The molecule has 106 valence electrons. The van der Waals surface area contributed by atoms with Crippen LogP contribution in [-0.2, 0) is 20.7 Å². The highest BCUT2D eigenvalue weighted by Gasteiger charge is 2.23. The van der Waals surface area contributed by atoms with Crippen LogP contribution in [0.2, 0.25) is 0 Å². The number of ether oxygens (including phenoxy) is 2. The quantitative estimate of drug-likeness (QED) is 0.382. The normalized spacial score (nSPS) is 19.1. The van der Waals surface area contributed by atoms with E-state index in [-0.39, 0.29) is 6.10 Å². The molecule has 1 aromatic rings.